The van der Waals surface area contributed by atoms with Gasteiger partial charge in [-0.1, -0.05) is 49.3 Å². The Bertz CT molecular complexity index is 670. The summed E-state index contributed by atoms with van der Waals surface area (Å²) in [7, 11) is 1.89. The van der Waals surface area contributed by atoms with Gasteiger partial charge in [0, 0.05) is 37.5 Å². The van der Waals surface area contributed by atoms with Gasteiger partial charge in [-0.15, -0.1) is 0 Å². The van der Waals surface area contributed by atoms with Crippen molar-refractivity contribution in [3.63, 3.8) is 0 Å². The maximum atomic E-state index is 12.9. The second-order valence-electron chi connectivity index (χ2n) is 7.67. The largest absolute Gasteiger partial charge is 0.387 e. The first kappa shape index (κ1) is 15.6. The van der Waals surface area contributed by atoms with Crippen LogP contribution in [0, 0.1) is 11.3 Å². The third-order valence-electron chi connectivity index (χ3n) is 5.86. The summed E-state index contributed by atoms with van der Waals surface area (Å²) in [6, 6.07) is 10.1. The molecule has 0 spiro atoms. The molecule has 2 fully saturated rings. The highest BCUT2D eigenvalue weighted by Crippen LogP contribution is 2.54. The number of hydrogen-bond acceptors (Lipinski definition) is 4. The van der Waals surface area contributed by atoms with E-state index in [1.165, 1.54) is 0 Å². The van der Waals surface area contributed by atoms with E-state index in [1.54, 1.807) is 0 Å². The van der Waals surface area contributed by atoms with Crippen LogP contribution in [0.3, 0.4) is 0 Å². The number of carbonyl (C=O) groups excluding carboxylic acids is 1. The van der Waals surface area contributed by atoms with Gasteiger partial charge in [0.05, 0.1) is 6.10 Å². The van der Waals surface area contributed by atoms with Gasteiger partial charge in [0.25, 0.3) is 5.91 Å². The molecule has 0 bridgehead atoms. The van der Waals surface area contributed by atoms with E-state index in [4.69, 9.17) is 9.57 Å². The molecule has 1 amide bonds. The van der Waals surface area contributed by atoms with Gasteiger partial charge in [0.15, 0.2) is 6.10 Å². The summed E-state index contributed by atoms with van der Waals surface area (Å²) in [5.41, 5.74) is 1.56. The SMILES string of the molecule is CN(C(=O)C1=NO[C@H](c2ccccc2)C1)[C@@H]1[C@H]2CCO[C@@H]2C1(C)C. The molecule has 5 heteroatoms. The molecule has 3 aliphatic rings. The van der Waals surface area contributed by atoms with E-state index in [9.17, 15) is 4.79 Å². The maximum Gasteiger partial charge on any atom is 0.271 e. The average Bonchev–Trinajstić information content (AvgIpc) is 3.23. The Morgan fingerprint density at radius 3 is 2.79 bits per heavy atom. The van der Waals surface area contributed by atoms with Crippen molar-refractivity contribution in [3.05, 3.63) is 35.9 Å². The molecular formula is C19H24N2O3. The van der Waals surface area contributed by atoms with Gasteiger partial charge in [-0.2, -0.15) is 0 Å². The molecule has 0 unspecified atom stereocenters. The number of amides is 1. The van der Waals surface area contributed by atoms with Gasteiger partial charge in [-0.05, 0) is 12.0 Å². The summed E-state index contributed by atoms with van der Waals surface area (Å²) in [6.07, 6.45) is 1.68. The van der Waals surface area contributed by atoms with Crippen LogP contribution >= 0.6 is 0 Å². The number of oxime groups is 1. The summed E-state index contributed by atoms with van der Waals surface area (Å²) in [6.45, 7) is 5.18. The zero-order chi connectivity index (χ0) is 16.9. The quantitative estimate of drug-likeness (QED) is 0.857. The molecule has 1 aliphatic carbocycles. The van der Waals surface area contributed by atoms with Gasteiger partial charge in [-0.25, -0.2) is 0 Å². The van der Waals surface area contributed by atoms with Gasteiger partial charge < -0.3 is 14.5 Å². The molecule has 0 radical (unpaired) electrons. The van der Waals surface area contributed by atoms with E-state index < -0.39 is 0 Å². The zero-order valence-electron chi connectivity index (χ0n) is 14.4. The summed E-state index contributed by atoms with van der Waals surface area (Å²) >= 11 is 0. The molecule has 0 N–H and O–H groups in total. The highest BCUT2D eigenvalue weighted by Gasteiger charge is 2.61. The first-order valence-electron chi connectivity index (χ1n) is 8.66. The Morgan fingerprint density at radius 1 is 1.29 bits per heavy atom. The average molecular weight is 328 g/mol. The number of ether oxygens (including phenoxy) is 1. The fourth-order valence-electron chi connectivity index (χ4n) is 4.76. The van der Waals surface area contributed by atoms with Crippen LogP contribution in [0.2, 0.25) is 0 Å². The normalized spacial score (nSPS) is 33.2. The highest BCUT2D eigenvalue weighted by molar-refractivity contribution is 6.39. The smallest absolute Gasteiger partial charge is 0.271 e. The minimum atomic E-state index is -0.157. The minimum absolute atomic E-state index is 0.00949. The Balaban J connectivity index is 1.45. The van der Waals surface area contributed by atoms with Crippen LogP contribution in [-0.2, 0) is 14.4 Å². The topological polar surface area (TPSA) is 51.1 Å². The summed E-state index contributed by atoms with van der Waals surface area (Å²) in [5, 5.41) is 4.08. The molecule has 1 aromatic rings. The molecule has 1 saturated heterocycles. The van der Waals surface area contributed by atoms with E-state index in [2.05, 4.69) is 19.0 Å². The van der Waals surface area contributed by atoms with Crippen molar-refractivity contribution in [1.82, 2.24) is 4.90 Å². The van der Waals surface area contributed by atoms with Crippen molar-refractivity contribution < 1.29 is 14.4 Å². The zero-order valence-corrected chi connectivity index (χ0v) is 14.4. The molecule has 0 aromatic heterocycles. The van der Waals surface area contributed by atoms with Gasteiger partial charge in [0.1, 0.15) is 5.71 Å². The molecule has 2 heterocycles. The van der Waals surface area contributed by atoms with Crippen LogP contribution in [0.25, 0.3) is 0 Å². The summed E-state index contributed by atoms with van der Waals surface area (Å²) < 4.78 is 5.83. The van der Waals surface area contributed by atoms with Crippen molar-refractivity contribution in [2.45, 2.75) is 44.9 Å². The number of carbonyl (C=O) groups is 1. The molecule has 4 atom stereocenters. The Hall–Kier alpha value is -1.88. The molecule has 2 aliphatic heterocycles. The van der Waals surface area contributed by atoms with Crippen molar-refractivity contribution in [2.75, 3.05) is 13.7 Å². The fourth-order valence-corrected chi connectivity index (χ4v) is 4.76. The Morgan fingerprint density at radius 2 is 2.04 bits per heavy atom. The second-order valence-corrected chi connectivity index (χ2v) is 7.67. The van der Waals surface area contributed by atoms with E-state index in [0.717, 1.165) is 18.6 Å². The van der Waals surface area contributed by atoms with Crippen LogP contribution in [0.5, 0.6) is 0 Å². The van der Waals surface area contributed by atoms with Gasteiger partial charge in [-0.3, -0.25) is 4.79 Å². The van der Waals surface area contributed by atoms with Gasteiger partial charge in [0.2, 0.25) is 0 Å². The lowest BCUT2D eigenvalue weighted by molar-refractivity contribution is -0.162. The first-order valence-corrected chi connectivity index (χ1v) is 8.66. The molecular weight excluding hydrogens is 304 g/mol. The number of hydrogen-bond donors (Lipinski definition) is 0. The van der Waals surface area contributed by atoms with Crippen molar-refractivity contribution in [3.8, 4) is 0 Å². The number of rotatable bonds is 3. The molecule has 1 aromatic carbocycles. The number of nitrogens with zero attached hydrogens (tertiary/aromatic N) is 2. The van der Waals surface area contributed by atoms with Crippen molar-refractivity contribution >= 4 is 11.6 Å². The third-order valence-corrected chi connectivity index (χ3v) is 5.86. The lowest BCUT2D eigenvalue weighted by atomic mass is 9.56. The lowest BCUT2D eigenvalue weighted by Crippen LogP contribution is -2.67. The summed E-state index contributed by atoms with van der Waals surface area (Å²) in [5.74, 6) is 0.429. The van der Waals surface area contributed by atoms with E-state index in [0.29, 0.717) is 18.1 Å². The number of benzene rings is 1. The third kappa shape index (κ3) is 2.25. The van der Waals surface area contributed by atoms with Crippen LogP contribution < -0.4 is 0 Å². The second kappa shape index (κ2) is 5.59. The molecule has 1 saturated carbocycles. The molecule has 128 valence electrons. The van der Waals surface area contributed by atoms with Gasteiger partial charge >= 0.3 is 0 Å². The Labute approximate surface area is 142 Å². The minimum Gasteiger partial charge on any atom is -0.387 e. The predicted molar refractivity (Wildman–Crippen MR) is 90.5 cm³/mol. The van der Waals surface area contributed by atoms with Crippen LogP contribution in [0.1, 0.15) is 38.4 Å². The lowest BCUT2D eigenvalue weighted by Gasteiger charge is -2.57. The molecule has 4 rings (SSSR count). The first-order chi connectivity index (χ1) is 11.5. The van der Waals surface area contributed by atoms with Crippen LogP contribution in [0.15, 0.2) is 35.5 Å². The Kier molecular flexibility index (Phi) is 3.64. The van der Waals surface area contributed by atoms with E-state index in [-0.39, 0.29) is 29.6 Å². The maximum absolute atomic E-state index is 12.9. The molecule has 5 nitrogen and oxygen atoms in total. The summed E-state index contributed by atoms with van der Waals surface area (Å²) in [4.78, 5) is 20.3. The number of fused-ring (bicyclic) bond motifs is 1. The van der Waals surface area contributed by atoms with Crippen LogP contribution in [0.4, 0.5) is 0 Å². The standard InChI is InChI=1S/C19H24N2O3/c1-19(2)16(13-9-10-23-17(13)19)21(3)18(22)14-11-15(24-20-14)12-7-5-4-6-8-12/h4-8,13,15-17H,9-11H2,1-3H3/t13-,15+,16-,17+/m1/s1. The fraction of sp³-hybridized carbons (Fsp3) is 0.579. The van der Waals surface area contributed by atoms with Crippen LogP contribution in [-0.4, -0.2) is 42.3 Å². The monoisotopic (exact) mass is 328 g/mol. The van der Waals surface area contributed by atoms with E-state index in [1.807, 2.05) is 42.3 Å². The van der Waals surface area contributed by atoms with Crippen molar-refractivity contribution in [1.29, 1.82) is 0 Å². The molecule has 24 heavy (non-hydrogen) atoms. The highest BCUT2D eigenvalue weighted by atomic mass is 16.6. The van der Waals surface area contributed by atoms with E-state index >= 15 is 0 Å². The van der Waals surface area contributed by atoms with Crippen molar-refractivity contribution in [2.24, 2.45) is 16.5 Å². The predicted octanol–water partition coefficient (Wildman–Crippen LogP) is 2.78.